The summed E-state index contributed by atoms with van der Waals surface area (Å²) in [7, 11) is 1.63. The van der Waals surface area contributed by atoms with Crippen LogP contribution in [0.25, 0.3) is 0 Å². The molecule has 0 aromatic heterocycles. The summed E-state index contributed by atoms with van der Waals surface area (Å²) in [5, 5.41) is 3.26. The topological polar surface area (TPSA) is 58.6 Å². The lowest BCUT2D eigenvalue weighted by Gasteiger charge is -2.55. The van der Waals surface area contributed by atoms with Gasteiger partial charge in [0, 0.05) is 24.1 Å². The summed E-state index contributed by atoms with van der Waals surface area (Å²) in [4.78, 5) is 27.5. The first kappa shape index (κ1) is 17.1. The second-order valence-electron chi connectivity index (χ2n) is 9.27. The highest BCUT2D eigenvalue weighted by Crippen LogP contribution is 2.60. The molecular formula is C22H28N2O3. The molecule has 27 heavy (non-hydrogen) atoms. The summed E-state index contributed by atoms with van der Waals surface area (Å²) in [6, 6.07) is 7.45. The number of nitrogens with zero attached hydrogens (tertiary/aromatic N) is 1. The number of carbonyl (C=O) groups is 2. The highest BCUT2D eigenvalue weighted by atomic mass is 16.5. The van der Waals surface area contributed by atoms with Crippen molar-refractivity contribution in [2.24, 2.45) is 23.2 Å². The number of ether oxygens (including phenoxy) is 1. The molecule has 1 aromatic carbocycles. The van der Waals surface area contributed by atoms with Crippen LogP contribution >= 0.6 is 0 Å². The van der Waals surface area contributed by atoms with Gasteiger partial charge < -0.3 is 15.0 Å². The average molecular weight is 368 g/mol. The average Bonchev–Trinajstić information content (AvgIpc) is 3.01. The molecule has 4 saturated carbocycles. The number of methoxy groups -OCH3 is 1. The number of anilines is 1. The van der Waals surface area contributed by atoms with Crippen molar-refractivity contribution in [1.29, 1.82) is 0 Å². The zero-order valence-electron chi connectivity index (χ0n) is 15.9. The molecule has 4 bridgehead atoms. The summed E-state index contributed by atoms with van der Waals surface area (Å²) < 4.78 is 5.19. The quantitative estimate of drug-likeness (QED) is 0.888. The van der Waals surface area contributed by atoms with Crippen LogP contribution in [0.1, 0.15) is 44.9 Å². The Hall–Kier alpha value is -2.04. The molecule has 5 nitrogen and oxygen atoms in total. The number of carbonyl (C=O) groups excluding carboxylic acids is 2. The van der Waals surface area contributed by atoms with Gasteiger partial charge in [0.05, 0.1) is 13.2 Å². The first-order valence-electron chi connectivity index (χ1n) is 10.3. The van der Waals surface area contributed by atoms with Crippen LogP contribution in [0, 0.1) is 23.2 Å². The van der Waals surface area contributed by atoms with E-state index in [9.17, 15) is 9.59 Å². The Morgan fingerprint density at radius 2 is 1.67 bits per heavy atom. The third-order valence-corrected chi connectivity index (χ3v) is 7.36. The molecule has 1 heterocycles. The highest BCUT2D eigenvalue weighted by Gasteiger charge is 2.55. The molecule has 1 aliphatic heterocycles. The zero-order chi connectivity index (χ0) is 18.6. The Balaban J connectivity index is 1.26. The Kier molecular flexibility index (Phi) is 3.95. The minimum absolute atomic E-state index is 0.0796. The molecule has 1 atom stereocenters. The molecule has 0 radical (unpaired) electrons. The number of amides is 2. The van der Waals surface area contributed by atoms with Crippen molar-refractivity contribution in [2.75, 3.05) is 18.6 Å². The van der Waals surface area contributed by atoms with E-state index < -0.39 is 0 Å². The van der Waals surface area contributed by atoms with E-state index in [2.05, 4.69) is 5.32 Å². The lowest BCUT2D eigenvalue weighted by Crippen LogP contribution is -2.55. The van der Waals surface area contributed by atoms with Gasteiger partial charge in [0.1, 0.15) is 5.75 Å². The van der Waals surface area contributed by atoms with Crippen molar-refractivity contribution in [3.8, 4) is 5.75 Å². The molecule has 0 spiro atoms. The second-order valence-corrected chi connectivity index (χ2v) is 9.27. The SMILES string of the molecule is COc1ccc(N2C[C@H](NC(=O)C34CC5CC(CC(C5)C3)C4)CC2=O)cc1. The molecule has 0 unspecified atom stereocenters. The maximum absolute atomic E-state index is 13.2. The first-order chi connectivity index (χ1) is 13.0. The maximum atomic E-state index is 13.2. The van der Waals surface area contributed by atoms with Gasteiger partial charge in [-0.05, 0) is 80.5 Å². The molecule has 5 fully saturated rings. The van der Waals surface area contributed by atoms with Crippen LogP contribution in [0.4, 0.5) is 5.69 Å². The van der Waals surface area contributed by atoms with Crippen LogP contribution in [0.15, 0.2) is 24.3 Å². The van der Waals surface area contributed by atoms with Crippen molar-refractivity contribution in [3.05, 3.63) is 24.3 Å². The van der Waals surface area contributed by atoms with E-state index in [0.29, 0.717) is 13.0 Å². The minimum atomic E-state index is -0.147. The summed E-state index contributed by atoms with van der Waals surface area (Å²) in [5.74, 6) is 3.33. The van der Waals surface area contributed by atoms with Crippen molar-refractivity contribution in [1.82, 2.24) is 5.32 Å². The predicted molar refractivity (Wildman–Crippen MR) is 102 cm³/mol. The molecule has 1 saturated heterocycles. The molecule has 5 heteroatoms. The van der Waals surface area contributed by atoms with Gasteiger partial charge >= 0.3 is 0 Å². The normalized spacial score (nSPS) is 36.9. The van der Waals surface area contributed by atoms with Crippen molar-refractivity contribution >= 4 is 17.5 Å². The van der Waals surface area contributed by atoms with Crippen molar-refractivity contribution < 1.29 is 14.3 Å². The van der Waals surface area contributed by atoms with Gasteiger partial charge in [-0.25, -0.2) is 0 Å². The Bertz CT molecular complexity index is 722. The van der Waals surface area contributed by atoms with E-state index in [1.54, 1.807) is 12.0 Å². The smallest absolute Gasteiger partial charge is 0.229 e. The van der Waals surface area contributed by atoms with Crippen molar-refractivity contribution in [3.63, 3.8) is 0 Å². The summed E-state index contributed by atoms with van der Waals surface area (Å²) >= 11 is 0. The van der Waals surface area contributed by atoms with Gasteiger partial charge in [0.15, 0.2) is 0 Å². The Morgan fingerprint density at radius 1 is 1.07 bits per heavy atom. The van der Waals surface area contributed by atoms with Crippen LogP contribution in [-0.4, -0.2) is 31.5 Å². The van der Waals surface area contributed by atoms with Gasteiger partial charge in [-0.1, -0.05) is 0 Å². The summed E-state index contributed by atoms with van der Waals surface area (Å²) in [6.07, 6.45) is 7.58. The molecule has 1 aromatic rings. The van der Waals surface area contributed by atoms with E-state index in [-0.39, 0.29) is 23.3 Å². The lowest BCUT2D eigenvalue weighted by atomic mass is 9.49. The molecule has 4 aliphatic carbocycles. The molecule has 1 N–H and O–H groups in total. The van der Waals surface area contributed by atoms with Crippen LogP contribution < -0.4 is 15.0 Å². The van der Waals surface area contributed by atoms with Gasteiger partial charge in [-0.2, -0.15) is 0 Å². The van der Waals surface area contributed by atoms with Gasteiger partial charge in [-0.15, -0.1) is 0 Å². The van der Waals surface area contributed by atoms with Crippen LogP contribution in [0.3, 0.4) is 0 Å². The largest absolute Gasteiger partial charge is 0.497 e. The van der Waals surface area contributed by atoms with E-state index in [0.717, 1.165) is 48.5 Å². The number of rotatable bonds is 4. The first-order valence-corrected chi connectivity index (χ1v) is 10.3. The number of nitrogens with one attached hydrogen (secondary N) is 1. The number of benzene rings is 1. The predicted octanol–water partition coefficient (Wildman–Crippen LogP) is 3.13. The minimum Gasteiger partial charge on any atom is -0.497 e. The molecule has 5 aliphatic rings. The van der Waals surface area contributed by atoms with Crippen molar-refractivity contribution in [2.45, 2.75) is 51.0 Å². The fraction of sp³-hybridized carbons (Fsp3) is 0.636. The summed E-state index contributed by atoms with van der Waals surface area (Å²) in [6.45, 7) is 0.559. The van der Waals surface area contributed by atoms with Gasteiger partial charge in [0.25, 0.3) is 0 Å². The maximum Gasteiger partial charge on any atom is 0.229 e. The van der Waals surface area contributed by atoms with Crippen LogP contribution in [-0.2, 0) is 9.59 Å². The van der Waals surface area contributed by atoms with E-state index in [4.69, 9.17) is 4.74 Å². The monoisotopic (exact) mass is 368 g/mol. The molecule has 144 valence electrons. The summed E-state index contributed by atoms with van der Waals surface area (Å²) in [5.41, 5.74) is 0.720. The Morgan fingerprint density at radius 3 is 2.22 bits per heavy atom. The number of hydrogen-bond donors (Lipinski definition) is 1. The highest BCUT2D eigenvalue weighted by molar-refractivity contribution is 5.97. The van der Waals surface area contributed by atoms with Crippen LogP contribution in [0.5, 0.6) is 5.75 Å². The standard InChI is InChI=1S/C22H28N2O3/c1-27-19-4-2-18(3-5-19)24-13-17(9-20(24)25)23-21(26)22-10-14-6-15(11-22)8-16(7-14)12-22/h2-5,14-17H,6-13H2,1H3,(H,23,26)/t14?,15?,16?,17-,22?/m1/s1. The van der Waals surface area contributed by atoms with Gasteiger partial charge in [-0.3, -0.25) is 9.59 Å². The molecular weight excluding hydrogens is 340 g/mol. The number of hydrogen-bond acceptors (Lipinski definition) is 3. The van der Waals surface area contributed by atoms with E-state index in [1.165, 1.54) is 19.3 Å². The second kappa shape index (κ2) is 6.25. The fourth-order valence-electron chi connectivity index (χ4n) is 6.54. The van der Waals surface area contributed by atoms with E-state index >= 15 is 0 Å². The third kappa shape index (κ3) is 2.91. The molecule has 2 amide bonds. The van der Waals surface area contributed by atoms with E-state index in [1.807, 2.05) is 24.3 Å². The third-order valence-electron chi connectivity index (χ3n) is 7.36. The Labute approximate surface area is 160 Å². The zero-order valence-corrected chi connectivity index (χ0v) is 15.9. The van der Waals surface area contributed by atoms with Crippen LogP contribution in [0.2, 0.25) is 0 Å². The van der Waals surface area contributed by atoms with Gasteiger partial charge in [0.2, 0.25) is 11.8 Å². The molecule has 6 rings (SSSR count). The fourth-order valence-corrected chi connectivity index (χ4v) is 6.54. The lowest BCUT2D eigenvalue weighted by molar-refractivity contribution is -0.146.